The van der Waals surface area contributed by atoms with E-state index < -0.39 is 0 Å². The largest absolute Gasteiger partial charge is 0.456 e. The van der Waals surface area contributed by atoms with Gasteiger partial charge in [0.2, 0.25) is 0 Å². The van der Waals surface area contributed by atoms with Gasteiger partial charge in [-0.15, -0.1) is 0 Å². The molecular formula is C52H36N2O. The maximum atomic E-state index is 6.92. The minimum atomic E-state index is 0.840. The average Bonchev–Trinajstić information content (AvgIpc) is 3.63. The number of para-hydroxylation sites is 2. The van der Waals surface area contributed by atoms with Gasteiger partial charge in [0.1, 0.15) is 11.2 Å². The molecule has 0 saturated heterocycles. The maximum absolute atomic E-state index is 6.92. The van der Waals surface area contributed by atoms with Gasteiger partial charge in [-0.1, -0.05) is 146 Å². The standard InChI is InChI=1S/C52H36N2O/c1-5-17-37(18-6-1)39-21-15-27-43(33-39)53(41-23-9-3-10-24-41)45-31-32-48-50(35-45)55-51-36-49(46-29-13-14-30-47(46)52(48)51)54(42-25-11-4-12-26-42)44-28-16-22-40(34-44)38-19-7-2-8-20-38/h1-36H. The predicted octanol–water partition coefficient (Wildman–Crippen LogP) is 15.0. The zero-order chi connectivity index (χ0) is 36.6. The predicted molar refractivity (Wildman–Crippen MR) is 231 cm³/mol. The Hall–Kier alpha value is -7.36. The van der Waals surface area contributed by atoms with Gasteiger partial charge in [0.05, 0.1) is 5.69 Å². The number of hydrogen-bond acceptors (Lipinski definition) is 3. The van der Waals surface area contributed by atoms with Crippen molar-refractivity contribution < 1.29 is 4.42 Å². The molecule has 0 spiro atoms. The highest BCUT2D eigenvalue weighted by atomic mass is 16.3. The Morgan fingerprint density at radius 3 is 1.33 bits per heavy atom. The fraction of sp³-hybridized carbons (Fsp3) is 0. The number of benzene rings is 9. The number of hydrogen-bond donors (Lipinski definition) is 0. The Kier molecular flexibility index (Phi) is 8.16. The maximum Gasteiger partial charge on any atom is 0.138 e. The summed E-state index contributed by atoms with van der Waals surface area (Å²) in [6.45, 7) is 0. The monoisotopic (exact) mass is 704 g/mol. The summed E-state index contributed by atoms with van der Waals surface area (Å²) < 4.78 is 6.92. The molecule has 55 heavy (non-hydrogen) atoms. The SMILES string of the molecule is c1ccc(-c2cccc(N(c3ccccc3)c3ccc4c(c3)oc3cc(N(c5ccccc5)c5cccc(-c6ccccc6)c5)c5ccccc5c34)c2)cc1. The van der Waals surface area contributed by atoms with Crippen molar-refractivity contribution >= 4 is 66.8 Å². The minimum Gasteiger partial charge on any atom is -0.456 e. The van der Waals surface area contributed by atoms with Crippen LogP contribution in [0.25, 0.3) is 55.0 Å². The minimum absolute atomic E-state index is 0.840. The lowest BCUT2D eigenvalue weighted by Crippen LogP contribution is -2.10. The topological polar surface area (TPSA) is 19.6 Å². The fourth-order valence-corrected chi connectivity index (χ4v) is 7.87. The molecule has 10 aromatic rings. The van der Waals surface area contributed by atoms with Gasteiger partial charge < -0.3 is 14.2 Å². The van der Waals surface area contributed by atoms with Crippen molar-refractivity contribution in [1.29, 1.82) is 0 Å². The van der Waals surface area contributed by atoms with Crippen molar-refractivity contribution in [2.45, 2.75) is 0 Å². The quantitative estimate of drug-likeness (QED) is 0.157. The Morgan fingerprint density at radius 1 is 0.273 bits per heavy atom. The third-order valence-electron chi connectivity index (χ3n) is 10.4. The van der Waals surface area contributed by atoms with E-state index in [0.29, 0.717) is 0 Å². The molecule has 0 bridgehead atoms. The summed E-state index contributed by atoms with van der Waals surface area (Å²) in [4.78, 5) is 4.66. The highest BCUT2D eigenvalue weighted by molar-refractivity contribution is 6.22. The van der Waals surface area contributed by atoms with Crippen LogP contribution in [0.2, 0.25) is 0 Å². The summed E-state index contributed by atoms with van der Waals surface area (Å²) in [6, 6.07) is 77.3. The molecule has 0 aliphatic rings. The molecule has 0 saturated carbocycles. The van der Waals surface area contributed by atoms with Crippen LogP contribution in [0.4, 0.5) is 34.1 Å². The van der Waals surface area contributed by atoms with Crippen LogP contribution in [-0.2, 0) is 0 Å². The number of rotatable bonds is 8. The van der Waals surface area contributed by atoms with Crippen LogP contribution in [-0.4, -0.2) is 0 Å². The van der Waals surface area contributed by atoms with E-state index in [1.54, 1.807) is 0 Å². The summed E-state index contributed by atoms with van der Waals surface area (Å²) in [5.74, 6) is 0. The zero-order valence-corrected chi connectivity index (χ0v) is 30.1. The van der Waals surface area contributed by atoms with E-state index in [9.17, 15) is 0 Å². The first-order valence-electron chi connectivity index (χ1n) is 18.7. The van der Waals surface area contributed by atoms with Crippen molar-refractivity contribution in [3.05, 3.63) is 218 Å². The summed E-state index contributed by atoms with van der Waals surface area (Å²) in [5, 5.41) is 4.51. The number of fused-ring (bicyclic) bond motifs is 5. The molecule has 1 aromatic heterocycles. The van der Waals surface area contributed by atoms with Gasteiger partial charge in [-0.05, 0) is 88.3 Å². The van der Waals surface area contributed by atoms with Gasteiger partial charge >= 0.3 is 0 Å². The summed E-state index contributed by atoms with van der Waals surface area (Å²) in [7, 11) is 0. The van der Waals surface area contributed by atoms with E-state index in [4.69, 9.17) is 4.42 Å². The third kappa shape index (κ3) is 5.98. The molecule has 10 rings (SSSR count). The Bertz CT molecular complexity index is 2920. The first kappa shape index (κ1) is 32.3. The van der Waals surface area contributed by atoms with E-state index in [2.05, 4.69) is 228 Å². The summed E-state index contributed by atoms with van der Waals surface area (Å²) in [6.07, 6.45) is 0. The molecule has 0 N–H and O–H groups in total. The molecule has 0 aliphatic heterocycles. The molecule has 0 amide bonds. The van der Waals surface area contributed by atoms with Crippen molar-refractivity contribution in [2.75, 3.05) is 9.80 Å². The molecule has 9 aromatic carbocycles. The van der Waals surface area contributed by atoms with Crippen LogP contribution in [0, 0.1) is 0 Å². The van der Waals surface area contributed by atoms with E-state index in [1.165, 1.54) is 16.7 Å². The highest BCUT2D eigenvalue weighted by Gasteiger charge is 2.22. The Morgan fingerprint density at radius 2 is 0.727 bits per heavy atom. The third-order valence-corrected chi connectivity index (χ3v) is 10.4. The molecule has 0 fully saturated rings. The lowest BCUT2D eigenvalue weighted by molar-refractivity contribution is 0.669. The van der Waals surface area contributed by atoms with Gasteiger partial charge in [-0.2, -0.15) is 0 Å². The van der Waals surface area contributed by atoms with Gasteiger partial charge in [0, 0.05) is 56.7 Å². The average molecular weight is 705 g/mol. The second-order valence-electron chi connectivity index (χ2n) is 13.8. The van der Waals surface area contributed by atoms with Crippen LogP contribution in [0.3, 0.4) is 0 Å². The van der Waals surface area contributed by atoms with E-state index in [1.807, 2.05) is 0 Å². The normalized spacial score (nSPS) is 11.3. The van der Waals surface area contributed by atoms with Crippen LogP contribution in [0.15, 0.2) is 223 Å². The molecule has 1 heterocycles. The van der Waals surface area contributed by atoms with Crippen molar-refractivity contribution in [2.24, 2.45) is 0 Å². The molecule has 0 unspecified atom stereocenters. The van der Waals surface area contributed by atoms with Gasteiger partial charge in [-0.3, -0.25) is 0 Å². The first-order chi connectivity index (χ1) is 27.3. The Balaban J connectivity index is 1.15. The molecule has 260 valence electrons. The van der Waals surface area contributed by atoms with Crippen LogP contribution < -0.4 is 9.80 Å². The van der Waals surface area contributed by atoms with Crippen molar-refractivity contribution in [3.8, 4) is 22.3 Å². The van der Waals surface area contributed by atoms with Crippen LogP contribution in [0.1, 0.15) is 0 Å². The second kappa shape index (κ2) is 13.9. The second-order valence-corrected chi connectivity index (χ2v) is 13.8. The zero-order valence-electron chi connectivity index (χ0n) is 30.1. The lowest BCUT2D eigenvalue weighted by atomic mass is 9.99. The Labute approximate surface area is 320 Å². The molecule has 0 radical (unpaired) electrons. The van der Waals surface area contributed by atoms with Crippen LogP contribution in [0.5, 0.6) is 0 Å². The molecular weight excluding hydrogens is 669 g/mol. The van der Waals surface area contributed by atoms with Crippen molar-refractivity contribution in [1.82, 2.24) is 0 Å². The highest BCUT2D eigenvalue weighted by Crippen LogP contribution is 2.46. The molecule has 3 heteroatoms. The van der Waals surface area contributed by atoms with Crippen molar-refractivity contribution in [3.63, 3.8) is 0 Å². The van der Waals surface area contributed by atoms with E-state index >= 15 is 0 Å². The van der Waals surface area contributed by atoms with E-state index in [0.717, 1.165) is 72.4 Å². The molecule has 3 nitrogen and oxygen atoms in total. The lowest BCUT2D eigenvalue weighted by Gasteiger charge is -2.27. The number of anilines is 6. The number of furan rings is 1. The molecule has 0 aliphatic carbocycles. The molecule has 0 atom stereocenters. The smallest absolute Gasteiger partial charge is 0.138 e. The van der Waals surface area contributed by atoms with Gasteiger partial charge in [0.15, 0.2) is 0 Å². The van der Waals surface area contributed by atoms with Gasteiger partial charge in [0.25, 0.3) is 0 Å². The summed E-state index contributed by atoms with van der Waals surface area (Å²) in [5.41, 5.74) is 12.8. The van der Waals surface area contributed by atoms with Crippen LogP contribution >= 0.6 is 0 Å². The number of nitrogens with zero attached hydrogens (tertiary/aromatic N) is 2. The van der Waals surface area contributed by atoms with E-state index in [-0.39, 0.29) is 0 Å². The fourth-order valence-electron chi connectivity index (χ4n) is 7.87. The first-order valence-corrected chi connectivity index (χ1v) is 18.7. The van der Waals surface area contributed by atoms with Gasteiger partial charge in [-0.25, -0.2) is 0 Å². The summed E-state index contributed by atoms with van der Waals surface area (Å²) >= 11 is 0.